The lowest BCUT2D eigenvalue weighted by molar-refractivity contribution is -0.121. The summed E-state index contributed by atoms with van der Waals surface area (Å²) in [6, 6.07) is 12.3. The molecular weight excluding hydrogens is 382 g/mol. The highest BCUT2D eigenvalue weighted by molar-refractivity contribution is 8.00. The first kappa shape index (κ1) is 19.6. The van der Waals surface area contributed by atoms with Crippen molar-refractivity contribution in [3.63, 3.8) is 0 Å². The number of aromatic nitrogens is 4. The number of nitrogens with zero attached hydrogens (tertiary/aromatic N) is 4. The average molecular weight is 408 g/mol. The van der Waals surface area contributed by atoms with Crippen LogP contribution in [0.1, 0.15) is 43.9 Å². The summed E-state index contributed by atoms with van der Waals surface area (Å²) in [5.41, 5.74) is 3.56. The molecule has 6 nitrogen and oxygen atoms in total. The van der Waals surface area contributed by atoms with E-state index in [1.54, 1.807) is 12.4 Å². The van der Waals surface area contributed by atoms with E-state index in [4.69, 9.17) is 0 Å². The van der Waals surface area contributed by atoms with E-state index >= 15 is 0 Å². The molecule has 1 aliphatic rings. The molecule has 0 fully saturated rings. The fourth-order valence-electron chi connectivity index (χ4n) is 3.78. The van der Waals surface area contributed by atoms with Gasteiger partial charge in [-0.15, -0.1) is 10.2 Å². The van der Waals surface area contributed by atoms with Gasteiger partial charge in [0, 0.05) is 24.5 Å². The Morgan fingerprint density at radius 3 is 2.83 bits per heavy atom. The SMILES string of the molecule is CCn1c(SC(C)C(=O)NC2CCCc3ccccc32)nnc1-c1ccncc1. The first-order valence-electron chi connectivity index (χ1n) is 10.1. The number of benzene rings is 1. The van der Waals surface area contributed by atoms with Gasteiger partial charge in [-0.3, -0.25) is 9.78 Å². The number of pyridine rings is 1. The number of nitrogens with one attached hydrogen (secondary N) is 1. The van der Waals surface area contributed by atoms with E-state index in [0.717, 1.165) is 42.4 Å². The van der Waals surface area contributed by atoms with Gasteiger partial charge in [-0.2, -0.15) is 0 Å². The number of fused-ring (bicyclic) bond motifs is 1. The molecule has 0 saturated heterocycles. The van der Waals surface area contributed by atoms with E-state index in [2.05, 4.69) is 45.6 Å². The lowest BCUT2D eigenvalue weighted by Gasteiger charge is -2.27. The molecule has 0 saturated carbocycles. The Morgan fingerprint density at radius 1 is 1.24 bits per heavy atom. The van der Waals surface area contributed by atoms with Gasteiger partial charge in [-0.05, 0) is 56.4 Å². The molecule has 2 aromatic heterocycles. The van der Waals surface area contributed by atoms with Crippen molar-refractivity contribution in [1.29, 1.82) is 0 Å². The van der Waals surface area contributed by atoms with Crippen molar-refractivity contribution in [2.75, 3.05) is 0 Å². The Hall–Kier alpha value is -2.67. The molecule has 29 heavy (non-hydrogen) atoms. The molecule has 150 valence electrons. The second-order valence-corrected chi connectivity index (χ2v) is 8.51. The Balaban J connectivity index is 1.47. The predicted molar refractivity (Wildman–Crippen MR) is 115 cm³/mol. The second-order valence-electron chi connectivity index (χ2n) is 7.20. The van der Waals surface area contributed by atoms with Gasteiger partial charge in [0.05, 0.1) is 11.3 Å². The smallest absolute Gasteiger partial charge is 0.233 e. The normalized spacial score (nSPS) is 16.8. The third kappa shape index (κ3) is 4.19. The van der Waals surface area contributed by atoms with Crippen LogP contribution in [0.15, 0.2) is 53.9 Å². The zero-order valence-corrected chi connectivity index (χ0v) is 17.5. The zero-order chi connectivity index (χ0) is 20.2. The number of hydrogen-bond donors (Lipinski definition) is 1. The number of aryl methyl sites for hydroxylation is 1. The van der Waals surface area contributed by atoms with Crippen LogP contribution in [0.25, 0.3) is 11.4 Å². The lowest BCUT2D eigenvalue weighted by atomic mass is 9.88. The Bertz CT molecular complexity index is 988. The summed E-state index contributed by atoms with van der Waals surface area (Å²) in [7, 11) is 0. The van der Waals surface area contributed by atoms with Crippen LogP contribution in [-0.4, -0.2) is 30.9 Å². The minimum Gasteiger partial charge on any atom is -0.348 e. The maximum absolute atomic E-state index is 12.9. The monoisotopic (exact) mass is 407 g/mol. The standard InChI is InChI=1S/C22H25N5OS/c1-3-27-20(17-11-13-23-14-12-17)25-26-22(27)29-15(2)21(28)24-19-10-6-8-16-7-4-5-9-18(16)19/h4-5,7,9,11-15,19H,3,6,8,10H2,1-2H3,(H,24,28). The van der Waals surface area contributed by atoms with Crippen LogP contribution in [0.5, 0.6) is 0 Å². The van der Waals surface area contributed by atoms with Gasteiger partial charge in [-0.25, -0.2) is 0 Å². The number of rotatable bonds is 6. The Labute approximate surface area is 175 Å². The van der Waals surface area contributed by atoms with Gasteiger partial charge in [0.1, 0.15) is 0 Å². The van der Waals surface area contributed by atoms with Crippen LogP contribution in [0, 0.1) is 0 Å². The fraction of sp³-hybridized carbons (Fsp3) is 0.364. The largest absolute Gasteiger partial charge is 0.348 e. The number of amides is 1. The van der Waals surface area contributed by atoms with Gasteiger partial charge in [-0.1, -0.05) is 36.0 Å². The highest BCUT2D eigenvalue weighted by Gasteiger charge is 2.25. The molecule has 3 aromatic rings. The topological polar surface area (TPSA) is 72.7 Å². The molecule has 4 rings (SSSR count). The van der Waals surface area contributed by atoms with E-state index in [9.17, 15) is 4.79 Å². The lowest BCUT2D eigenvalue weighted by Crippen LogP contribution is -2.36. The van der Waals surface area contributed by atoms with Crippen molar-refractivity contribution in [2.45, 2.75) is 56.1 Å². The van der Waals surface area contributed by atoms with Gasteiger partial charge in [0.15, 0.2) is 11.0 Å². The quantitative estimate of drug-likeness (QED) is 0.625. The Morgan fingerprint density at radius 2 is 2.03 bits per heavy atom. The molecular formula is C22H25N5OS. The van der Waals surface area contributed by atoms with Crippen molar-refractivity contribution in [3.8, 4) is 11.4 Å². The number of thioether (sulfide) groups is 1. The molecule has 0 bridgehead atoms. The first-order valence-corrected chi connectivity index (χ1v) is 10.9. The summed E-state index contributed by atoms with van der Waals surface area (Å²) in [5, 5.41) is 12.4. The number of carbonyl (C=O) groups is 1. The summed E-state index contributed by atoms with van der Waals surface area (Å²) < 4.78 is 2.04. The van der Waals surface area contributed by atoms with E-state index in [-0.39, 0.29) is 17.2 Å². The molecule has 2 heterocycles. The van der Waals surface area contributed by atoms with Crippen LogP contribution in [0.3, 0.4) is 0 Å². The summed E-state index contributed by atoms with van der Waals surface area (Å²) in [6.07, 6.45) is 6.66. The van der Waals surface area contributed by atoms with Crippen molar-refractivity contribution in [1.82, 2.24) is 25.1 Å². The predicted octanol–water partition coefficient (Wildman–Crippen LogP) is 4.03. The molecule has 0 spiro atoms. The first-order chi connectivity index (χ1) is 14.2. The van der Waals surface area contributed by atoms with Crippen LogP contribution in [0.2, 0.25) is 0 Å². The fourth-order valence-corrected chi connectivity index (χ4v) is 4.70. The van der Waals surface area contributed by atoms with Gasteiger partial charge in [0.25, 0.3) is 0 Å². The zero-order valence-electron chi connectivity index (χ0n) is 16.7. The molecule has 0 aliphatic heterocycles. The van der Waals surface area contributed by atoms with Gasteiger partial charge in [0.2, 0.25) is 5.91 Å². The highest BCUT2D eigenvalue weighted by atomic mass is 32.2. The molecule has 2 atom stereocenters. The molecule has 1 amide bonds. The molecule has 0 radical (unpaired) electrons. The average Bonchev–Trinajstić information content (AvgIpc) is 3.17. The molecule has 2 unspecified atom stereocenters. The molecule has 1 aromatic carbocycles. The van der Waals surface area contributed by atoms with Crippen molar-refractivity contribution >= 4 is 17.7 Å². The third-order valence-electron chi connectivity index (χ3n) is 5.31. The van der Waals surface area contributed by atoms with Crippen molar-refractivity contribution in [2.24, 2.45) is 0 Å². The van der Waals surface area contributed by atoms with E-state index < -0.39 is 0 Å². The third-order valence-corrected chi connectivity index (χ3v) is 6.39. The summed E-state index contributed by atoms with van der Waals surface area (Å²) >= 11 is 1.45. The van der Waals surface area contributed by atoms with E-state index in [1.165, 1.54) is 22.9 Å². The van der Waals surface area contributed by atoms with Crippen molar-refractivity contribution in [3.05, 3.63) is 59.9 Å². The maximum atomic E-state index is 12.9. The molecule has 1 N–H and O–H groups in total. The number of hydrogen-bond acceptors (Lipinski definition) is 5. The van der Waals surface area contributed by atoms with Crippen LogP contribution >= 0.6 is 11.8 Å². The highest BCUT2D eigenvalue weighted by Crippen LogP contribution is 2.31. The van der Waals surface area contributed by atoms with Gasteiger partial charge >= 0.3 is 0 Å². The minimum absolute atomic E-state index is 0.0350. The molecule has 1 aliphatic carbocycles. The van der Waals surface area contributed by atoms with Crippen LogP contribution < -0.4 is 5.32 Å². The van der Waals surface area contributed by atoms with Crippen LogP contribution in [-0.2, 0) is 17.8 Å². The minimum atomic E-state index is -0.260. The molecule has 7 heteroatoms. The summed E-state index contributed by atoms with van der Waals surface area (Å²) in [5.74, 6) is 0.832. The van der Waals surface area contributed by atoms with Crippen LogP contribution in [0.4, 0.5) is 0 Å². The summed E-state index contributed by atoms with van der Waals surface area (Å²) in [4.78, 5) is 17.0. The second kappa shape index (κ2) is 8.78. The number of carbonyl (C=O) groups excluding carboxylic acids is 1. The van der Waals surface area contributed by atoms with Crippen molar-refractivity contribution < 1.29 is 4.79 Å². The maximum Gasteiger partial charge on any atom is 0.233 e. The van der Waals surface area contributed by atoms with E-state index in [0.29, 0.717) is 0 Å². The summed E-state index contributed by atoms with van der Waals surface area (Å²) in [6.45, 7) is 4.72. The Kier molecular flexibility index (Phi) is 5.94. The van der Waals surface area contributed by atoms with E-state index in [1.807, 2.05) is 29.7 Å². The van der Waals surface area contributed by atoms with Gasteiger partial charge < -0.3 is 9.88 Å².